The van der Waals surface area contributed by atoms with Crippen LogP contribution in [-0.2, 0) is 6.54 Å². The molecular formula is C21H28N2O2. The third kappa shape index (κ3) is 4.24. The van der Waals surface area contributed by atoms with Crippen LogP contribution in [0.15, 0.2) is 34.9 Å². The molecule has 0 saturated heterocycles. The highest BCUT2D eigenvalue weighted by atomic mass is 16.5. The highest BCUT2D eigenvalue weighted by Crippen LogP contribution is 2.33. The Morgan fingerprint density at radius 1 is 1.08 bits per heavy atom. The first kappa shape index (κ1) is 16.6. The summed E-state index contributed by atoms with van der Waals surface area (Å²) in [6.45, 7) is 2.06. The summed E-state index contributed by atoms with van der Waals surface area (Å²) in [7, 11) is 1.68. The Morgan fingerprint density at radius 2 is 1.84 bits per heavy atom. The SMILES string of the molecule is COc1ccc(-c2cnc(CN(CC3CC3)C3CCCCC3)o2)cc1. The lowest BCUT2D eigenvalue weighted by atomic mass is 9.94. The monoisotopic (exact) mass is 340 g/mol. The normalized spacial score (nSPS) is 18.6. The number of rotatable bonds is 7. The van der Waals surface area contributed by atoms with Gasteiger partial charge in [-0.1, -0.05) is 19.3 Å². The molecule has 0 N–H and O–H groups in total. The van der Waals surface area contributed by atoms with Gasteiger partial charge in [-0.05, 0) is 55.9 Å². The highest BCUT2D eigenvalue weighted by Gasteiger charge is 2.29. The summed E-state index contributed by atoms with van der Waals surface area (Å²) in [5.41, 5.74) is 1.05. The Bertz CT molecular complexity index is 669. The summed E-state index contributed by atoms with van der Waals surface area (Å²) >= 11 is 0. The zero-order valence-electron chi connectivity index (χ0n) is 15.1. The molecule has 0 radical (unpaired) electrons. The average Bonchev–Trinajstić information content (AvgIpc) is 3.37. The first-order valence-electron chi connectivity index (χ1n) is 9.65. The van der Waals surface area contributed by atoms with Crippen molar-refractivity contribution in [3.8, 4) is 17.1 Å². The van der Waals surface area contributed by atoms with Crippen molar-refractivity contribution < 1.29 is 9.15 Å². The second-order valence-electron chi connectivity index (χ2n) is 7.51. The number of aromatic nitrogens is 1. The molecule has 4 heteroatoms. The van der Waals surface area contributed by atoms with Crippen molar-refractivity contribution in [2.24, 2.45) is 5.92 Å². The fourth-order valence-electron chi connectivity index (χ4n) is 3.87. The van der Waals surface area contributed by atoms with Gasteiger partial charge in [-0.3, -0.25) is 4.90 Å². The minimum absolute atomic E-state index is 0.714. The third-order valence-electron chi connectivity index (χ3n) is 5.55. The van der Waals surface area contributed by atoms with Crippen LogP contribution >= 0.6 is 0 Å². The van der Waals surface area contributed by atoms with Gasteiger partial charge in [0.1, 0.15) is 5.75 Å². The molecule has 0 aliphatic heterocycles. The van der Waals surface area contributed by atoms with Gasteiger partial charge in [0.05, 0.1) is 19.9 Å². The zero-order valence-corrected chi connectivity index (χ0v) is 15.1. The first-order chi connectivity index (χ1) is 12.3. The second-order valence-corrected chi connectivity index (χ2v) is 7.51. The van der Waals surface area contributed by atoms with Gasteiger partial charge >= 0.3 is 0 Å². The molecule has 25 heavy (non-hydrogen) atoms. The predicted molar refractivity (Wildman–Crippen MR) is 98.5 cm³/mol. The van der Waals surface area contributed by atoms with Crippen LogP contribution in [0.4, 0.5) is 0 Å². The number of benzene rings is 1. The van der Waals surface area contributed by atoms with Crippen LogP contribution in [0.25, 0.3) is 11.3 Å². The second kappa shape index (κ2) is 7.61. The summed E-state index contributed by atoms with van der Waals surface area (Å²) in [4.78, 5) is 7.20. The van der Waals surface area contributed by atoms with Gasteiger partial charge in [-0.2, -0.15) is 0 Å². The average molecular weight is 340 g/mol. The maximum Gasteiger partial charge on any atom is 0.209 e. The Hall–Kier alpha value is -1.81. The van der Waals surface area contributed by atoms with Gasteiger partial charge in [-0.25, -0.2) is 4.98 Å². The van der Waals surface area contributed by atoms with Crippen molar-refractivity contribution >= 4 is 0 Å². The lowest BCUT2D eigenvalue weighted by molar-refractivity contribution is 0.130. The molecule has 0 unspecified atom stereocenters. The highest BCUT2D eigenvalue weighted by molar-refractivity contribution is 5.57. The van der Waals surface area contributed by atoms with Gasteiger partial charge in [0, 0.05) is 18.2 Å². The smallest absolute Gasteiger partial charge is 0.209 e. The molecule has 2 aliphatic rings. The van der Waals surface area contributed by atoms with E-state index >= 15 is 0 Å². The molecule has 1 aromatic heterocycles. The van der Waals surface area contributed by atoms with Crippen LogP contribution < -0.4 is 4.74 Å². The molecule has 0 spiro atoms. The van der Waals surface area contributed by atoms with E-state index in [1.165, 1.54) is 51.5 Å². The molecule has 2 fully saturated rings. The van der Waals surface area contributed by atoms with E-state index in [2.05, 4.69) is 9.88 Å². The number of methoxy groups -OCH3 is 1. The molecule has 0 amide bonds. The fraction of sp³-hybridized carbons (Fsp3) is 0.571. The quantitative estimate of drug-likeness (QED) is 0.719. The van der Waals surface area contributed by atoms with E-state index in [1.807, 2.05) is 30.5 Å². The summed E-state index contributed by atoms with van der Waals surface area (Å²) in [5, 5.41) is 0. The van der Waals surface area contributed by atoms with Crippen LogP contribution in [0.5, 0.6) is 5.75 Å². The Balaban J connectivity index is 1.45. The number of oxazole rings is 1. The van der Waals surface area contributed by atoms with Crippen molar-refractivity contribution in [1.82, 2.24) is 9.88 Å². The molecule has 2 aromatic rings. The Kier molecular flexibility index (Phi) is 5.07. The Labute approximate surface area is 150 Å². The number of hydrogen-bond acceptors (Lipinski definition) is 4. The largest absolute Gasteiger partial charge is 0.497 e. The van der Waals surface area contributed by atoms with E-state index in [9.17, 15) is 0 Å². The van der Waals surface area contributed by atoms with Gasteiger partial charge < -0.3 is 9.15 Å². The van der Waals surface area contributed by atoms with Gasteiger partial charge in [-0.15, -0.1) is 0 Å². The van der Waals surface area contributed by atoms with Crippen LogP contribution in [0.2, 0.25) is 0 Å². The van der Waals surface area contributed by atoms with E-state index in [4.69, 9.17) is 9.15 Å². The molecular weight excluding hydrogens is 312 g/mol. The molecule has 2 aliphatic carbocycles. The van der Waals surface area contributed by atoms with E-state index < -0.39 is 0 Å². The van der Waals surface area contributed by atoms with Crippen molar-refractivity contribution in [2.45, 2.75) is 57.5 Å². The molecule has 134 valence electrons. The van der Waals surface area contributed by atoms with Crippen LogP contribution in [-0.4, -0.2) is 29.6 Å². The first-order valence-corrected chi connectivity index (χ1v) is 9.65. The van der Waals surface area contributed by atoms with Crippen LogP contribution in [0.1, 0.15) is 50.8 Å². The number of nitrogens with zero attached hydrogens (tertiary/aromatic N) is 2. The predicted octanol–water partition coefficient (Wildman–Crippen LogP) is 4.89. The van der Waals surface area contributed by atoms with Crippen molar-refractivity contribution in [3.05, 3.63) is 36.4 Å². The maximum atomic E-state index is 6.07. The van der Waals surface area contributed by atoms with Crippen LogP contribution in [0.3, 0.4) is 0 Å². The standard InChI is InChI=1S/C21H28N2O2/c1-24-19-11-9-17(10-12-19)20-13-22-21(25-20)15-23(14-16-7-8-16)18-5-3-2-4-6-18/h9-13,16,18H,2-8,14-15H2,1H3. The Morgan fingerprint density at radius 3 is 2.52 bits per heavy atom. The minimum atomic E-state index is 0.714. The molecule has 1 aromatic carbocycles. The van der Waals surface area contributed by atoms with Gasteiger partial charge in [0.25, 0.3) is 0 Å². The maximum absolute atomic E-state index is 6.07. The minimum Gasteiger partial charge on any atom is -0.497 e. The topological polar surface area (TPSA) is 38.5 Å². The summed E-state index contributed by atoms with van der Waals surface area (Å²) < 4.78 is 11.3. The lowest BCUT2D eigenvalue weighted by Crippen LogP contribution is -2.37. The van der Waals surface area contributed by atoms with Crippen molar-refractivity contribution in [3.63, 3.8) is 0 Å². The fourth-order valence-corrected chi connectivity index (χ4v) is 3.87. The van der Waals surface area contributed by atoms with Crippen molar-refractivity contribution in [2.75, 3.05) is 13.7 Å². The number of ether oxygens (including phenoxy) is 1. The third-order valence-corrected chi connectivity index (χ3v) is 5.55. The summed E-state index contributed by atoms with van der Waals surface area (Å²) in [6.07, 6.45) is 11.4. The lowest BCUT2D eigenvalue weighted by Gasteiger charge is -2.33. The molecule has 4 rings (SSSR count). The molecule has 2 saturated carbocycles. The van der Waals surface area contributed by atoms with Crippen LogP contribution in [0, 0.1) is 5.92 Å². The van der Waals surface area contributed by atoms with E-state index in [1.54, 1.807) is 7.11 Å². The van der Waals surface area contributed by atoms with Gasteiger partial charge in [0.15, 0.2) is 5.76 Å². The van der Waals surface area contributed by atoms with E-state index in [0.717, 1.165) is 35.4 Å². The molecule has 0 atom stereocenters. The summed E-state index contributed by atoms with van der Waals surface area (Å²) in [6, 6.07) is 8.67. The van der Waals surface area contributed by atoms with E-state index in [0.29, 0.717) is 6.04 Å². The number of hydrogen-bond donors (Lipinski definition) is 0. The van der Waals surface area contributed by atoms with Crippen molar-refractivity contribution in [1.29, 1.82) is 0 Å². The van der Waals surface area contributed by atoms with Gasteiger partial charge in [0.2, 0.25) is 5.89 Å². The summed E-state index contributed by atoms with van der Waals surface area (Å²) in [5.74, 6) is 3.44. The molecule has 1 heterocycles. The molecule has 0 bridgehead atoms. The van der Waals surface area contributed by atoms with E-state index in [-0.39, 0.29) is 0 Å². The molecule has 4 nitrogen and oxygen atoms in total. The zero-order chi connectivity index (χ0) is 17.1.